The SMILES string of the molecule is Cc1cn(-c2ccc3n(c2=O)CCN(C2CCN(C(=O)OC(C)(C)C)C2)C3=O)cn1. The summed E-state index contributed by atoms with van der Waals surface area (Å²) < 4.78 is 8.65. The van der Waals surface area contributed by atoms with Gasteiger partial charge in [0.2, 0.25) is 0 Å². The number of carbonyl (C=O) groups is 2. The van der Waals surface area contributed by atoms with Crippen LogP contribution >= 0.6 is 0 Å². The largest absolute Gasteiger partial charge is 0.444 e. The van der Waals surface area contributed by atoms with Gasteiger partial charge in [-0.05, 0) is 46.2 Å². The summed E-state index contributed by atoms with van der Waals surface area (Å²) in [6.07, 6.45) is 3.72. The molecule has 1 fully saturated rings. The predicted octanol–water partition coefficient (Wildman–Crippen LogP) is 1.81. The summed E-state index contributed by atoms with van der Waals surface area (Å²) in [7, 11) is 0. The van der Waals surface area contributed by atoms with Crippen LogP contribution in [0.15, 0.2) is 29.5 Å². The van der Waals surface area contributed by atoms with Crippen LogP contribution in [-0.4, -0.2) is 67.2 Å². The lowest BCUT2D eigenvalue weighted by atomic mass is 10.1. The summed E-state index contributed by atoms with van der Waals surface area (Å²) in [6.45, 7) is 9.21. The number of aromatic nitrogens is 3. The number of carbonyl (C=O) groups excluding carboxylic acids is 2. The maximum Gasteiger partial charge on any atom is 0.410 e. The number of hydrogen-bond acceptors (Lipinski definition) is 5. The molecule has 2 aliphatic rings. The maximum atomic E-state index is 13.1. The molecule has 2 aromatic heterocycles. The van der Waals surface area contributed by atoms with Gasteiger partial charge < -0.3 is 23.7 Å². The highest BCUT2D eigenvalue weighted by Crippen LogP contribution is 2.23. The molecule has 1 unspecified atom stereocenters. The third kappa shape index (κ3) is 3.71. The van der Waals surface area contributed by atoms with E-state index in [1.54, 1.807) is 39.0 Å². The van der Waals surface area contributed by atoms with Crippen LogP contribution in [0.5, 0.6) is 0 Å². The van der Waals surface area contributed by atoms with Crippen LogP contribution < -0.4 is 5.56 Å². The molecule has 4 rings (SSSR count). The molecule has 2 aliphatic heterocycles. The van der Waals surface area contributed by atoms with Crippen LogP contribution in [0.4, 0.5) is 4.79 Å². The second kappa shape index (κ2) is 7.30. The normalized spacial score (nSPS) is 19.2. The molecule has 0 bridgehead atoms. The number of aryl methyl sites for hydroxylation is 1. The number of pyridine rings is 1. The van der Waals surface area contributed by atoms with Crippen molar-refractivity contribution in [3.63, 3.8) is 0 Å². The van der Waals surface area contributed by atoms with Crippen molar-refractivity contribution in [2.45, 2.75) is 52.3 Å². The third-order valence-corrected chi connectivity index (χ3v) is 5.44. The number of amides is 2. The zero-order valence-electron chi connectivity index (χ0n) is 17.8. The highest BCUT2D eigenvalue weighted by atomic mass is 16.6. The van der Waals surface area contributed by atoms with E-state index >= 15 is 0 Å². The first kappa shape index (κ1) is 20.2. The topological polar surface area (TPSA) is 89.7 Å². The van der Waals surface area contributed by atoms with Gasteiger partial charge in [0, 0.05) is 32.4 Å². The van der Waals surface area contributed by atoms with E-state index in [1.807, 2.05) is 27.7 Å². The minimum atomic E-state index is -0.554. The second-order valence-electron chi connectivity index (χ2n) is 8.85. The van der Waals surface area contributed by atoms with Crippen molar-refractivity contribution in [1.82, 2.24) is 23.9 Å². The molecule has 2 amide bonds. The van der Waals surface area contributed by atoms with Gasteiger partial charge in [-0.2, -0.15) is 0 Å². The Hall–Kier alpha value is -3.10. The Balaban J connectivity index is 1.51. The fourth-order valence-corrected chi connectivity index (χ4v) is 4.02. The van der Waals surface area contributed by atoms with E-state index in [2.05, 4.69) is 4.98 Å². The van der Waals surface area contributed by atoms with E-state index in [4.69, 9.17) is 4.74 Å². The van der Waals surface area contributed by atoms with Gasteiger partial charge >= 0.3 is 6.09 Å². The Morgan fingerprint density at radius 2 is 1.93 bits per heavy atom. The Labute approximate surface area is 174 Å². The van der Waals surface area contributed by atoms with Gasteiger partial charge in [-0.15, -0.1) is 0 Å². The fraction of sp³-hybridized carbons (Fsp3) is 0.524. The summed E-state index contributed by atoms with van der Waals surface area (Å²) in [5, 5.41) is 0. The monoisotopic (exact) mass is 413 g/mol. The molecule has 0 radical (unpaired) electrons. The lowest BCUT2D eigenvalue weighted by Gasteiger charge is -2.34. The van der Waals surface area contributed by atoms with Crippen molar-refractivity contribution < 1.29 is 14.3 Å². The number of hydrogen-bond donors (Lipinski definition) is 0. The Bertz CT molecular complexity index is 1050. The van der Waals surface area contributed by atoms with Crippen molar-refractivity contribution in [1.29, 1.82) is 0 Å². The molecule has 0 aromatic carbocycles. The second-order valence-corrected chi connectivity index (χ2v) is 8.85. The standard InChI is InChI=1S/C21H27N5O4/c1-14-11-24(13-22-14)16-5-6-17-19(28)25(9-10-26(17)18(16)27)15-7-8-23(12-15)20(29)30-21(2,3)4/h5-6,11,13,15H,7-10,12H2,1-4H3. The van der Waals surface area contributed by atoms with E-state index in [-0.39, 0.29) is 23.6 Å². The molecule has 0 aliphatic carbocycles. The van der Waals surface area contributed by atoms with Gasteiger partial charge in [0.1, 0.15) is 17.0 Å². The first-order valence-electron chi connectivity index (χ1n) is 10.2. The van der Waals surface area contributed by atoms with E-state index in [0.717, 1.165) is 5.69 Å². The lowest BCUT2D eigenvalue weighted by Crippen LogP contribution is -2.50. The fourth-order valence-electron chi connectivity index (χ4n) is 4.02. The van der Waals surface area contributed by atoms with Gasteiger partial charge in [-0.3, -0.25) is 9.59 Å². The molecule has 30 heavy (non-hydrogen) atoms. The number of nitrogens with zero attached hydrogens (tertiary/aromatic N) is 5. The van der Waals surface area contributed by atoms with E-state index in [9.17, 15) is 14.4 Å². The lowest BCUT2D eigenvalue weighted by molar-refractivity contribution is 0.0271. The Kier molecular flexibility index (Phi) is 4.91. The summed E-state index contributed by atoms with van der Waals surface area (Å²) in [6, 6.07) is 3.28. The summed E-state index contributed by atoms with van der Waals surface area (Å²) in [5.74, 6) is -0.178. The van der Waals surface area contributed by atoms with Crippen LogP contribution in [0.2, 0.25) is 0 Å². The van der Waals surface area contributed by atoms with Crippen molar-refractivity contribution in [3.8, 4) is 5.69 Å². The van der Waals surface area contributed by atoms with Crippen LogP contribution in [0.3, 0.4) is 0 Å². The van der Waals surface area contributed by atoms with Gasteiger partial charge in [0.25, 0.3) is 11.5 Å². The Morgan fingerprint density at radius 3 is 2.60 bits per heavy atom. The average molecular weight is 413 g/mol. The molecule has 9 heteroatoms. The van der Waals surface area contributed by atoms with Crippen LogP contribution in [-0.2, 0) is 11.3 Å². The summed E-state index contributed by atoms with van der Waals surface area (Å²) in [4.78, 5) is 46.0. The number of ether oxygens (including phenoxy) is 1. The van der Waals surface area contributed by atoms with Gasteiger partial charge in [0.05, 0.1) is 18.1 Å². The molecule has 4 heterocycles. The Morgan fingerprint density at radius 1 is 1.17 bits per heavy atom. The zero-order valence-corrected chi connectivity index (χ0v) is 17.8. The van der Waals surface area contributed by atoms with E-state index in [0.29, 0.717) is 44.0 Å². The van der Waals surface area contributed by atoms with Gasteiger partial charge in [0.15, 0.2) is 0 Å². The molecule has 1 atom stereocenters. The molecule has 1 saturated heterocycles. The average Bonchev–Trinajstić information content (AvgIpc) is 3.31. The van der Waals surface area contributed by atoms with Crippen molar-refractivity contribution in [2.75, 3.05) is 19.6 Å². The number of imidazole rings is 1. The minimum absolute atomic E-state index is 0.0788. The van der Waals surface area contributed by atoms with Crippen molar-refractivity contribution in [2.24, 2.45) is 0 Å². The molecule has 0 saturated carbocycles. The third-order valence-electron chi connectivity index (χ3n) is 5.44. The number of rotatable bonds is 2. The molecule has 0 N–H and O–H groups in total. The summed E-state index contributed by atoms with van der Waals surface area (Å²) >= 11 is 0. The smallest absolute Gasteiger partial charge is 0.410 e. The highest BCUT2D eigenvalue weighted by molar-refractivity contribution is 5.93. The highest BCUT2D eigenvalue weighted by Gasteiger charge is 2.37. The molecular formula is C21H27N5O4. The molecule has 0 spiro atoms. The molecule has 160 valence electrons. The van der Waals surface area contributed by atoms with Crippen LogP contribution in [0.1, 0.15) is 43.4 Å². The first-order chi connectivity index (χ1) is 14.1. The van der Waals surface area contributed by atoms with E-state index in [1.165, 1.54) is 4.57 Å². The van der Waals surface area contributed by atoms with Gasteiger partial charge in [-0.1, -0.05) is 0 Å². The van der Waals surface area contributed by atoms with Gasteiger partial charge in [-0.25, -0.2) is 9.78 Å². The number of fused-ring (bicyclic) bond motifs is 1. The van der Waals surface area contributed by atoms with Crippen molar-refractivity contribution in [3.05, 3.63) is 46.4 Å². The quantitative estimate of drug-likeness (QED) is 0.749. The number of likely N-dealkylation sites (tertiary alicyclic amines) is 1. The zero-order chi connectivity index (χ0) is 21.6. The molecular weight excluding hydrogens is 386 g/mol. The summed E-state index contributed by atoms with van der Waals surface area (Å²) in [5.41, 5.74) is 0.900. The van der Waals surface area contributed by atoms with Crippen LogP contribution in [0.25, 0.3) is 5.69 Å². The van der Waals surface area contributed by atoms with Crippen molar-refractivity contribution >= 4 is 12.0 Å². The molecule has 9 nitrogen and oxygen atoms in total. The maximum absolute atomic E-state index is 13.1. The van der Waals surface area contributed by atoms with Crippen LogP contribution in [0, 0.1) is 6.92 Å². The minimum Gasteiger partial charge on any atom is -0.444 e. The van der Waals surface area contributed by atoms with E-state index < -0.39 is 5.60 Å². The predicted molar refractivity (Wildman–Crippen MR) is 110 cm³/mol. The first-order valence-corrected chi connectivity index (χ1v) is 10.2. The molecule has 2 aromatic rings.